The van der Waals surface area contributed by atoms with Crippen molar-refractivity contribution in [1.29, 1.82) is 0 Å². The van der Waals surface area contributed by atoms with Crippen molar-refractivity contribution in [2.24, 2.45) is 0 Å². The van der Waals surface area contributed by atoms with Crippen molar-refractivity contribution in [1.82, 2.24) is 10.6 Å². The van der Waals surface area contributed by atoms with E-state index in [2.05, 4.69) is 26.6 Å². The Balaban J connectivity index is 2.38. The van der Waals surface area contributed by atoms with Gasteiger partial charge >= 0.3 is 12.0 Å². The van der Waals surface area contributed by atoms with Crippen LogP contribution in [0, 0.1) is 0 Å². The standard InChI is InChI=1S/C15H17BrN2O3/c1-3-7-21-14(19)12-9(2)17-15(20)18-13(12)10-5-4-6-11(16)8-10/h4-6,8,13H,3,7H2,1-2H3,(H2,17,18,20)/t13-/m0/s1. The Kier molecular flexibility index (Phi) is 5.01. The van der Waals surface area contributed by atoms with Crippen molar-refractivity contribution in [3.8, 4) is 0 Å². The first kappa shape index (κ1) is 15.6. The van der Waals surface area contributed by atoms with Crippen LogP contribution in [0.4, 0.5) is 4.79 Å². The molecule has 0 unspecified atom stereocenters. The van der Waals surface area contributed by atoms with Crippen LogP contribution in [0.5, 0.6) is 0 Å². The van der Waals surface area contributed by atoms with Crippen LogP contribution in [0.2, 0.25) is 0 Å². The molecule has 2 N–H and O–H groups in total. The number of carbonyl (C=O) groups excluding carboxylic acids is 2. The quantitative estimate of drug-likeness (QED) is 0.818. The minimum Gasteiger partial charge on any atom is -0.462 e. The number of urea groups is 1. The summed E-state index contributed by atoms with van der Waals surface area (Å²) in [5, 5.41) is 5.39. The molecule has 2 amide bonds. The van der Waals surface area contributed by atoms with Crippen LogP contribution in [0.1, 0.15) is 31.9 Å². The van der Waals surface area contributed by atoms with Gasteiger partial charge in [-0.1, -0.05) is 35.0 Å². The molecule has 5 nitrogen and oxygen atoms in total. The fourth-order valence-electron chi connectivity index (χ4n) is 2.17. The van der Waals surface area contributed by atoms with Gasteiger partial charge in [0.05, 0.1) is 18.2 Å². The normalized spacial score (nSPS) is 18.0. The summed E-state index contributed by atoms with van der Waals surface area (Å²) in [5.41, 5.74) is 1.77. The molecule has 0 radical (unpaired) electrons. The molecule has 21 heavy (non-hydrogen) atoms. The highest BCUT2D eigenvalue weighted by atomic mass is 79.9. The lowest BCUT2D eigenvalue weighted by molar-refractivity contribution is -0.139. The molecule has 0 spiro atoms. The molecule has 2 rings (SSSR count). The summed E-state index contributed by atoms with van der Waals surface area (Å²) in [6.45, 7) is 3.99. The van der Waals surface area contributed by atoms with Gasteiger partial charge in [0.2, 0.25) is 0 Å². The first-order valence-corrected chi connectivity index (χ1v) is 7.53. The lowest BCUT2D eigenvalue weighted by Gasteiger charge is -2.28. The summed E-state index contributed by atoms with van der Waals surface area (Å²) in [6, 6.07) is 6.64. The molecule has 112 valence electrons. The fraction of sp³-hybridized carbons (Fsp3) is 0.333. The predicted octanol–water partition coefficient (Wildman–Crippen LogP) is 3.03. The molecule has 1 aromatic rings. The second-order valence-electron chi connectivity index (χ2n) is 4.76. The number of hydrogen-bond donors (Lipinski definition) is 2. The van der Waals surface area contributed by atoms with Crippen molar-refractivity contribution >= 4 is 27.9 Å². The summed E-state index contributed by atoms with van der Waals surface area (Å²) in [4.78, 5) is 24.0. The Bertz CT molecular complexity index is 598. The number of ether oxygens (including phenoxy) is 1. The predicted molar refractivity (Wildman–Crippen MR) is 82.5 cm³/mol. The first-order valence-electron chi connectivity index (χ1n) is 6.73. The minimum atomic E-state index is -0.513. The van der Waals surface area contributed by atoms with Crippen LogP contribution in [0.25, 0.3) is 0 Å². The maximum Gasteiger partial charge on any atom is 0.338 e. The van der Waals surface area contributed by atoms with Crippen LogP contribution < -0.4 is 10.6 Å². The monoisotopic (exact) mass is 352 g/mol. The van der Waals surface area contributed by atoms with Crippen molar-refractivity contribution in [3.05, 3.63) is 45.6 Å². The smallest absolute Gasteiger partial charge is 0.338 e. The zero-order chi connectivity index (χ0) is 15.4. The summed E-state index contributed by atoms with van der Waals surface area (Å²) in [6.07, 6.45) is 0.749. The molecule has 0 saturated carbocycles. The van der Waals surface area contributed by atoms with Crippen LogP contribution in [0.3, 0.4) is 0 Å². The van der Waals surface area contributed by atoms with E-state index in [1.807, 2.05) is 31.2 Å². The highest BCUT2D eigenvalue weighted by molar-refractivity contribution is 9.10. The van der Waals surface area contributed by atoms with Gasteiger partial charge in [0.25, 0.3) is 0 Å². The molecule has 0 aliphatic carbocycles. The van der Waals surface area contributed by atoms with Crippen molar-refractivity contribution in [3.63, 3.8) is 0 Å². The zero-order valence-electron chi connectivity index (χ0n) is 11.9. The van der Waals surface area contributed by atoms with Gasteiger partial charge in [0.1, 0.15) is 0 Å². The summed E-state index contributed by atoms with van der Waals surface area (Å²) in [7, 11) is 0. The number of halogens is 1. The fourth-order valence-corrected chi connectivity index (χ4v) is 2.59. The molecule has 0 aromatic heterocycles. The third-order valence-electron chi connectivity index (χ3n) is 3.11. The molecular weight excluding hydrogens is 336 g/mol. The van der Waals surface area contributed by atoms with E-state index in [1.54, 1.807) is 6.92 Å². The van der Waals surface area contributed by atoms with Crippen molar-refractivity contribution in [2.45, 2.75) is 26.3 Å². The largest absolute Gasteiger partial charge is 0.462 e. The lowest BCUT2D eigenvalue weighted by atomic mass is 9.96. The molecule has 1 aromatic carbocycles. The van der Waals surface area contributed by atoms with Gasteiger partial charge in [-0.25, -0.2) is 9.59 Å². The Labute approximate surface area is 131 Å². The van der Waals surface area contributed by atoms with E-state index in [0.717, 1.165) is 16.5 Å². The first-order chi connectivity index (χ1) is 10.0. The number of carbonyl (C=O) groups is 2. The van der Waals surface area contributed by atoms with Gasteiger partial charge in [-0.2, -0.15) is 0 Å². The number of benzene rings is 1. The third kappa shape index (κ3) is 3.64. The van der Waals surface area contributed by atoms with Gasteiger partial charge in [0.15, 0.2) is 0 Å². The molecule has 0 fully saturated rings. The van der Waals surface area contributed by atoms with Crippen LogP contribution in [-0.4, -0.2) is 18.6 Å². The van der Waals surface area contributed by atoms with Gasteiger partial charge in [0, 0.05) is 10.2 Å². The Hall–Kier alpha value is -1.82. The van der Waals surface area contributed by atoms with E-state index in [9.17, 15) is 9.59 Å². The number of allylic oxidation sites excluding steroid dienone is 1. The number of esters is 1. The van der Waals surface area contributed by atoms with Crippen LogP contribution >= 0.6 is 15.9 Å². The molecule has 0 bridgehead atoms. The number of nitrogens with one attached hydrogen (secondary N) is 2. The topological polar surface area (TPSA) is 67.4 Å². The van der Waals surface area contributed by atoms with Gasteiger partial charge < -0.3 is 15.4 Å². The maximum absolute atomic E-state index is 12.3. The zero-order valence-corrected chi connectivity index (χ0v) is 13.5. The Morgan fingerprint density at radius 3 is 2.86 bits per heavy atom. The maximum atomic E-state index is 12.3. The second-order valence-corrected chi connectivity index (χ2v) is 5.68. The Morgan fingerprint density at radius 2 is 2.19 bits per heavy atom. The highest BCUT2D eigenvalue weighted by Gasteiger charge is 2.32. The highest BCUT2D eigenvalue weighted by Crippen LogP contribution is 2.29. The van der Waals surface area contributed by atoms with E-state index in [-0.39, 0.29) is 6.03 Å². The second kappa shape index (κ2) is 6.76. The van der Waals surface area contributed by atoms with Gasteiger partial charge in [-0.05, 0) is 31.0 Å². The van der Waals surface area contributed by atoms with E-state index in [0.29, 0.717) is 17.9 Å². The van der Waals surface area contributed by atoms with E-state index >= 15 is 0 Å². The van der Waals surface area contributed by atoms with Crippen molar-refractivity contribution < 1.29 is 14.3 Å². The summed E-state index contributed by atoms with van der Waals surface area (Å²) < 4.78 is 6.10. The van der Waals surface area contributed by atoms with E-state index in [1.165, 1.54) is 0 Å². The molecule has 0 saturated heterocycles. The van der Waals surface area contributed by atoms with E-state index in [4.69, 9.17) is 4.74 Å². The number of rotatable bonds is 4. The number of amides is 2. The summed E-state index contributed by atoms with van der Waals surface area (Å²) in [5.74, 6) is -0.410. The molecule has 6 heteroatoms. The van der Waals surface area contributed by atoms with Crippen LogP contribution in [0.15, 0.2) is 40.0 Å². The van der Waals surface area contributed by atoms with Crippen molar-refractivity contribution in [2.75, 3.05) is 6.61 Å². The summed E-state index contributed by atoms with van der Waals surface area (Å²) >= 11 is 3.40. The number of hydrogen-bond acceptors (Lipinski definition) is 3. The Morgan fingerprint density at radius 1 is 1.43 bits per heavy atom. The van der Waals surface area contributed by atoms with Gasteiger partial charge in [-0.15, -0.1) is 0 Å². The molecule has 1 heterocycles. The molecule has 1 aliphatic rings. The SMILES string of the molecule is CCCOC(=O)C1=C(C)NC(=O)N[C@H]1c1cccc(Br)c1. The lowest BCUT2D eigenvalue weighted by Crippen LogP contribution is -2.45. The third-order valence-corrected chi connectivity index (χ3v) is 3.60. The van der Waals surface area contributed by atoms with Gasteiger partial charge in [-0.3, -0.25) is 0 Å². The molecule has 1 atom stereocenters. The van der Waals surface area contributed by atoms with E-state index < -0.39 is 12.0 Å². The average molecular weight is 353 g/mol. The molecule has 1 aliphatic heterocycles. The average Bonchev–Trinajstić information content (AvgIpc) is 2.44. The molecular formula is C15H17BrN2O3. The minimum absolute atomic E-state index is 0.329. The van der Waals surface area contributed by atoms with Crippen LogP contribution in [-0.2, 0) is 9.53 Å².